The van der Waals surface area contributed by atoms with Gasteiger partial charge in [0, 0.05) is 80.3 Å². The van der Waals surface area contributed by atoms with Crippen molar-refractivity contribution >= 4 is 53.0 Å². The van der Waals surface area contributed by atoms with Gasteiger partial charge in [0.05, 0.1) is 49.6 Å². The van der Waals surface area contributed by atoms with Gasteiger partial charge in [0.1, 0.15) is 34.6 Å². The number of sulfonamides is 2. The molecule has 2 aliphatic heterocycles. The number of thiazole rings is 2. The highest BCUT2D eigenvalue weighted by atomic mass is 32.2. The van der Waals surface area contributed by atoms with E-state index in [1.54, 1.807) is 42.3 Å². The van der Waals surface area contributed by atoms with Gasteiger partial charge < -0.3 is 28.7 Å². The molecule has 4 aromatic carbocycles. The van der Waals surface area contributed by atoms with Gasteiger partial charge in [-0.1, -0.05) is 12.1 Å². The van der Waals surface area contributed by atoms with E-state index < -0.39 is 31.7 Å². The van der Waals surface area contributed by atoms with E-state index >= 15 is 0 Å². The van der Waals surface area contributed by atoms with Gasteiger partial charge in [-0.25, -0.2) is 35.6 Å². The number of methoxy groups -OCH3 is 4. The smallest absolute Gasteiger partial charge is 0.243 e. The molecule has 20 heteroatoms. The van der Waals surface area contributed by atoms with Gasteiger partial charge in [0.2, 0.25) is 20.0 Å². The number of hydrogen-bond donors (Lipinski definition) is 0. The Balaban J connectivity index is 0.000000191. The zero-order chi connectivity index (χ0) is 45.8. The molecule has 2 aliphatic rings. The molecular weight excluding hydrogens is 907 g/mol. The second kappa shape index (κ2) is 19.8. The molecule has 0 aliphatic carbocycles. The van der Waals surface area contributed by atoms with Crippen molar-refractivity contribution in [2.75, 3.05) is 90.6 Å². The first-order chi connectivity index (χ1) is 30.7. The van der Waals surface area contributed by atoms with Crippen LogP contribution < -0.4 is 28.7 Å². The van der Waals surface area contributed by atoms with Gasteiger partial charge in [-0.15, -0.1) is 22.7 Å². The zero-order valence-electron chi connectivity index (χ0n) is 36.1. The number of halogens is 2. The highest BCUT2D eigenvalue weighted by Crippen LogP contribution is 2.38. The highest BCUT2D eigenvalue weighted by Gasteiger charge is 2.32. The Labute approximate surface area is 380 Å². The van der Waals surface area contributed by atoms with E-state index in [1.165, 1.54) is 55.5 Å². The SMILES string of the molecule is COc1ccc(-c2csc(N3CCN(S(=O)(=O)c4cc(F)ccc4C)CC3)n2)c(OC)c1.COc1ccc(OC)c(-c2csc(N3CCN(S(=O)(=O)c4cc(F)ccc4C)CC3)n2)c1. The molecule has 0 bridgehead atoms. The third kappa shape index (κ3) is 9.96. The Morgan fingerprint density at radius 3 is 1.41 bits per heavy atom. The van der Waals surface area contributed by atoms with Crippen molar-refractivity contribution in [3.8, 4) is 45.5 Å². The minimum Gasteiger partial charge on any atom is -0.497 e. The topological polar surface area (TPSA) is 144 Å². The summed E-state index contributed by atoms with van der Waals surface area (Å²) in [5, 5.41) is 5.53. The van der Waals surface area contributed by atoms with Crippen LogP contribution in [0.3, 0.4) is 0 Å². The summed E-state index contributed by atoms with van der Waals surface area (Å²) in [5.74, 6) is 1.66. The number of anilines is 2. The molecular formula is C44H48F2N6O8S4. The maximum absolute atomic E-state index is 13.7. The first kappa shape index (κ1) is 46.6. The molecule has 4 heterocycles. The molecule has 0 saturated carbocycles. The first-order valence-electron chi connectivity index (χ1n) is 20.0. The van der Waals surface area contributed by atoms with E-state index in [-0.39, 0.29) is 9.79 Å². The molecule has 0 spiro atoms. The van der Waals surface area contributed by atoms with E-state index in [0.717, 1.165) is 44.9 Å². The molecule has 64 heavy (non-hydrogen) atoms. The molecule has 2 fully saturated rings. The standard InChI is InChI=1S/2C22H24FN3O4S2/c1-15-4-5-16(23)12-21(15)32(27,28)26-10-8-25(9-11-26)22-24-19(14-31-22)18-13-17(29-2)6-7-20(18)30-3;1-15-4-5-16(23)12-21(15)32(27,28)26-10-8-25(9-11-26)22-24-19(14-31-22)18-7-6-17(29-2)13-20(18)30-3/h2*4-7,12-14H,8-11H2,1-3H3. The van der Waals surface area contributed by atoms with Gasteiger partial charge in [0.15, 0.2) is 10.3 Å². The highest BCUT2D eigenvalue weighted by molar-refractivity contribution is 7.89. The van der Waals surface area contributed by atoms with Crippen LogP contribution in [0.25, 0.3) is 22.5 Å². The van der Waals surface area contributed by atoms with Gasteiger partial charge in [-0.3, -0.25) is 0 Å². The Morgan fingerprint density at radius 2 is 0.953 bits per heavy atom. The van der Waals surface area contributed by atoms with E-state index in [9.17, 15) is 25.6 Å². The summed E-state index contributed by atoms with van der Waals surface area (Å²) in [6.45, 7) is 6.55. The fourth-order valence-corrected chi connectivity index (χ4v) is 12.4. The average molecular weight is 955 g/mol. The van der Waals surface area contributed by atoms with Crippen molar-refractivity contribution in [1.82, 2.24) is 18.6 Å². The monoisotopic (exact) mass is 954 g/mol. The second-order valence-corrected chi connectivity index (χ2v) is 20.3. The minimum absolute atomic E-state index is 0.0209. The summed E-state index contributed by atoms with van der Waals surface area (Å²) in [7, 11) is -1.09. The van der Waals surface area contributed by atoms with Gasteiger partial charge in [-0.05, 0) is 79.6 Å². The van der Waals surface area contributed by atoms with Crippen LogP contribution in [0.4, 0.5) is 19.0 Å². The molecule has 0 N–H and O–H groups in total. The lowest BCUT2D eigenvalue weighted by Gasteiger charge is -2.34. The van der Waals surface area contributed by atoms with E-state index in [1.807, 2.05) is 47.2 Å². The van der Waals surface area contributed by atoms with Crippen molar-refractivity contribution in [3.63, 3.8) is 0 Å². The summed E-state index contributed by atoms with van der Waals surface area (Å²) in [6, 6.07) is 18.8. The zero-order valence-corrected chi connectivity index (χ0v) is 39.3. The minimum atomic E-state index is -3.76. The Morgan fingerprint density at radius 1 is 0.516 bits per heavy atom. The van der Waals surface area contributed by atoms with Crippen molar-refractivity contribution in [3.05, 3.63) is 106 Å². The second-order valence-electron chi connectivity index (χ2n) is 14.8. The Kier molecular flexibility index (Phi) is 14.4. The largest absolute Gasteiger partial charge is 0.497 e. The number of rotatable bonds is 12. The molecule has 0 amide bonds. The first-order valence-corrected chi connectivity index (χ1v) is 24.7. The fourth-order valence-electron chi connectivity index (χ4n) is 7.31. The number of aromatic nitrogens is 2. The van der Waals surface area contributed by atoms with Crippen LogP contribution in [-0.2, 0) is 20.0 Å². The van der Waals surface area contributed by atoms with Crippen molar-refractivity contribution in [1.29, 1.82) is 0 Å². The molecule has 6 aromatic rings. The number of ether oxygens (including phenoxy) is 4. The molecule has 0 unspecified atom stereocenters. The molecule has 14 nitrogen and oxygen atoms in total. The summed E-state index contributed by atoms with van der Waals surface area (Å²) in [4.78, 5) is 13.7. The van der Waals surface area contributed by atoms with E-state index in [2.05, 4.69) is 9.80 Å². The van der Waals surface area contributed by atoms with Crippen molar-refractivity contribution in [2.24, 2.45) is 0 Å². The third-order valence-corrected chi connectivity index (χ3v) is 16.8. The predicted molar refractivity (Wildman–Crippen MR) is 246 cm³/mol. The van der Waals surface area contributed by atoms with E-state index in [4.69, 9.17) is 28.9 Å². The molecule has 340 valence electrons. The van der Waals surface area contributed by atoms with Gasteiger partial charge in [0.25, 0.3) is 0 Å². The van der Waals surface area contributed by atoms with Crippen LogP contribution in [-0.4, -0.2) is 116 Å². The number of hydrogen-bond acceptors (Lipinski definition) is 14. The molecule has 2 aromatic heterocycles. The lowest BCUT2D eigenvalue weighted by Crippen LogP contribution is -2.48. The maximum Gasteiger partial charge on any atom is 0.243 e. The van der Waals surface area contributed by atoms with Gasteiger partial charge >= 0.3 is 0 Å². The summed E-state index contributed by atoms with van der Waals surface area (Å²) < 4.78 is 104. The molecule has 8 rings (SSSR count). The lowest BCUT2D eigenvalue weighted by atomic mass is 10.1. The number of aryl methyl sites for hydroxylation is 2. The maximum atomic E-state index is 13.7. The van der Waals surface area contributed by atoms with Crippen LogP contribution in [0.5, 0.6) is 23.0 Å². The van der Waals surface area contributed by atoms with Crippen LogP contribution in [0, 0.1) is 25.5 Å². The lowest BCUT2D eigenvalue weighted by molar-refractivity contribution is 0.384. The fraction of sp³-hybridized carbons (Fsp3) is 0.318. The number of piperazine rings is 2. The normalized spacial score (nSPS) is 15.1. The molecule has 0 radical (unpaired) electrons. The predicted octanol–water partition coefficient (Wildman–Crippen LogP) is 7.57. The Hall–Kier alpha value is -5.38. The molecule has 2 saturated heterocycles. The van der Waals surface area contributed by atoms with Crippen molar-refractivity contribution in [2.45, 2.75) is 23.6 Å². The third-order valence-electron chi connectivity index (χ3n) is 10.9. The van der Waals surface area contributed by atoms with Crippen LogP contribution in [0.15, 0.2) is 93.3 Å². The summed E-state index contributed by atoms with van der Waals surface area (Å²) in [5.41, 5.74) is 4.31. The van der Waals surface area contributed by atoms with Crippen LogP contribution >= 0.6 is 22.7 Å². The quantitative estimate of drug-likeness (QED) is 0.119. The number of benzene rings is 4. The Bertz CT molecular complexity index is 2830. The average Bonchev–Trinajstić information content (AvgIpc) is 4.02. The molecule has 0 atom stereocenters. The van der Waals surface area contributed by atoms with Gasteiger partial charge in [-0.2, -0.15) is 8.61 Å². The van der Waals surface area contributed by atoms with E-state index in [0.29, 0.717) is 86.5 Å². The van der Waals surface area contributed by atoms with Crippen LogP contribution in [0.1, 0.15) is 11.1 Å². The van der Waals surface area contributed by atoms with Crippen molar-refractivity contribution < 1.29 is 44.6 Å². The van der Waals surface area contributed by atoms with Crippen LogP contribution in [0.2, 0.25) is 0 Å². The summed E-state index contributed by atoms with van der Waals surface area (Å²) in [6.07, 6.45) is 0. The summed E-state index contributed by atoms with van der Waals surface area (Å²) >= 11 is 2.99. The number of nitrogens with zero attached hydrogens (tertiary/aromatic N) is 6.